The molecular formula is C17H24N2O3. The molecule has 0 aliphatic carbocycles. The molecule has 2 rings (SSSR count). The van der Waals surface area contributed by atoms with E-state index in [1.807, 2.05) is 35.8 Å². The number of carbonyl (C=O) groups is 2. The lowest BCUT2D eigenvalue weighted by Gasteiger charge is -2.27. The van der Waals surface area contributed by atoms with Crippen molar-refractivity contribution in [3.8, 4) is 0 Å². The van der Waals surface area contributed by atoms with Gasteiger partial charge in [-0.1, -0.05) is 6.07 Å². The number of anilines is 1. The molecule has 1 heterocycles. The SMILES string of the molecule is Cc1cc(C)cc(N(CCC(=O)O)CC(=O)N2CCCC2)c1. The molecule has 0 radical (unpaired) electrons. The van der Waals surface area contributed by atoms with E-state index >= 15 is 0 Å². The van der Waals surface area contributed by atoms with Gasteiger partial charge in [-0.2, -0.15) is 0 Å². The number of hydrogen-bond acceptors (Lipinski definition) is 3. The number of carboxylic acid groups (broad SMARTS) is 1. The van der Waals surface area contributed by atoms with Gasteiger partial charge in [-0.15, -0.1) is 0 Å². The number of likely N-dealkylation sites (tertiary alicyclic amines) is 1. The first kappa shape index (κ1) is 16.3. The number of rotatable bonds is 6. The highest BCUT2D eigenvalue weighted by Crippen LogP contribution is 2.20. The molecule has 0 unspecified atom stereocenters. The summed E-state index contributed by atoms with van der Waals surface area (Å²) >= 11 is 0. The highest BCUT2D eigenvalue weighted by molar-refractivity contribution is 5.82. The van der Waals surface area contributed by atoms with Gasteiger partial charge in [-0.05, 0) is 49.9 Å². The van der Waals surface area contributed by atoms with Gasteiger partial charge in [0.05, 0.1) is 13.0 Å². The van der Waals surface area contributed by atoms with Gasteiger partial charge in [0, 0.05) is 25.3 Å². The molecule has 1 aliphatic rings. The second-order valence-corrected chi connectivity index (χ2v) is 6.00. The standard InChI is InChI=1S/C17H24N2O3/c1-13-9-14(2)11-15(10-13)19(8-5-17(21)22)12-16(20)18-6-3-4-7-18/h9-11H,3-8,12H2,1-2H3,(H,21,22). The van der Waals surface area contributed by atoms with E-state index in [1.54, 1.807) is 0 Å². The molecule has 5 heteroatoms. The highest BCUT2D eigenvalue weighted by Gasteiger charge is 2.21. The van der Waals surface area contributed by atoms with Crippen LogP contribution in [0, 0.1) is 13.8 Å². The van der Waals surface area contributed by atoms with E-state index < -0.39 is 5.97 Å². The minimum Gasteiger partial charge on any atom is -0.481 e. The second kappa shape index (κ2) is 7.29. The normalized spacial score (nSPS) is 14.2. The van der Waals surface area contributed by atoms with E-state index in [-0.39, 0.29) is 18.9 Å². The third-order valence-electron chi connectivity index (χ3n) is 3.95. The van der Waals surface area contributed by atoms with Crippen LogP contribution in [0.25, 0.3) is 0 Å². The predicted molar refractivity (Wildman–Crippen MR) is 86.2 cm³/mol. The molecule has 0 spiro atoms. The Labute approximate surface area is 131 Å². The Hall–Kier alpha value is -2.04. The molecule has 0 aromatic heterocycles. The van der Waals surface area contributed by atoms with Crippen molar-refractivity contribution in [3.05, 3.63) is 29.3 Å². The predicted octanol–water partition coefficient (Wildman–Crippen LogP) is 2.21. The Bertz CT molecular complexity index is 531. The number of carboxylic acids is 1. The summed E-state index contributed by atoms with van der Waals surface area (Å²) in [5.74, 6) is -0.759. The maximum Gasteiger partial charge on any atom is 0.305 e. The maximum atomic E-state index is 12.4. The van der Waals surface area contributed by atoms with Crippen LogP contribution >= 0.6 is 0 Å². The summed E-state index contributed by atoms with van der Waals surface area (Å²) in [5.41, 5.74) is 3.15. The van der Waals surface area contributed by atoms with Crippen molar-refractivity contribution >= 4 is 17.6 Å². The van der Waals surface area contributed by atoms with Crippen molar-refractivity contribution in [2.75, 3.05) is 31.1 Å². The van der Waals surface area contributed by atoms with Crippen molar-refractivity contribution < 1.29 is 14.7 Å². The molecule has 1 aromatic carbocycles. The van der Waals surface area contributed by atoms with Gasteiger partial charge in [-0.3, -0.25) is 9.59 Å². The lowest BCUT2D eigenvalue weighted by molar-refractivity contribution is -0.137. The molecule has 0 bridgehead atoms. The third-order valence-corrected chi connectivity index (χ3v) is 3.95. The number of amides is 1. The van der Waals surface area contributed by atoms with E-state index in [4.69, 9.17) is 5.11 Å². The Morgan fingerprint density at radius 1 is 1.14 bits per heavy atom. The van der Waals surface area contributed by atoms with Gasteiger partial charge in [-0.25, -0.2) is 0 Å². The fraction of sp³-hybridized carbons (Fsp3) is 0.529. The molecule has 5 nitrogen and oxygen atoms in total. The summed E-state index contributed by atoms with van der Waals surface area (Å²) in [6, 6.07) is 6.08. The van der Waals surface area contributed by atoms with Crippen molar-refractivity contribution in [2.24, 2.45) is 0 Å². The maximum absolute atomic E-state index is 12.4. The number of carbonyl (C=O) groups excluding carboxylic acids is 1. The van der Waals surface area contributed by atoms with Crippen LogP contribution in [0.5, 0.6) is 0 Å². The van der Waals surface area contributed by atoms with Gasteiger partial charge in [0.25, 0.3) is 0 Å². The number of aryl methyl sites for hydroxylation is 2. The van der Waals surface area contributed by atoms with Crippen molar-refractivity contribution in [2.45, 2.75) is 33.1 Å². The number of benzene rings is 1. The van der Waals surface area contributed by atoms with Crippen molar-refractivity contribution in [1.29, 1.82) is 0 Å². The number of nitrogens with zero attached hydrogens (tertiary/aromatic N) is 2. The average molecular weight is 304 g/mol. The molecule has 0 atom stereocenters. The van der Waals surface area contributed by atoms with Crippen LogP contribution in [-0.2, 0) is 9.59 Å². The van der Waals surface area contributed by atoms with Crippen molar-refractivity contribution in [3.63, 3.8) is 0 Å². The molecule has 1 aromatic rings. The van der Waals surface area contributed by atoms with Crippen LogP contribution in [-0.4, -0.2) is 48.1 Å². The van der Waals surface area contributed by atoms with Crippen LogP contribution in [0.1, 0.15) is 30.4 Å². The molecule has 1 amide bonds. The summed E-state index contributed by atoms with van der Waals surface area (Å²) in [5, 5.41) is 8.94. The number of hydrogen-bond donors (Lipinski definition) is 1. The smallest absolute Gasteiger partial charge is 0.305 e. The molecule has 120 valence electrons. The molecular weight excluding hydrogens is 280 g/mol. The van der Waals surface area contributed by atoms with E-state index in [0.29, 0.717) is 6.54 Å². The zero-order chi connectivity index (χ0) is 16.1. The van der Waals surface area contributed by atoms with E-state index in [9.17, 15) is 9.59 Å². The summed E-state index contributed by atoms with van der Waals surface area (Å²) < 4.78 is 0. The average Bonchev–Trinajstić information content (AvgIpc) is 2.96. The van der Waals surface area contributed by atoms with Gasteiger partial charge in [0.1, 0.15) is 0 Å². The largest absolute Gasteiger partial charge is 0.481 e. The fourth-order valence-corrected chi connectivity index (χ4v) is 2.89. The minimum atomic E-state index is -0.844. The third kappa shape index (κ3) is 4.48. The van der Waals surface area contributed by atoms with E-state index in [1.165, 1.54) is 0 Å². The molecule has 1 N–H and O–H groups in total. The van der Waals surface area contributed by atoms with Crippen LogP contribution in [0.15, 0.2) is 18.2 Å². The quantitative estimate of drug-likeness (QED) is 0.875. The first-order valence-electron chi connectivity index (χ1n) is 7.78. The van der Waals surface area contributed by atoms with Gasteiger partial charge >= 0.3 is 5.97 Å². The molecule has 1 saturated heterocycles. The first-order chi connectivity index (χ1) is 10.5. The monoisotopic (exact) mass is 304 g/mol. The van der Waals surface area contributed by atoms with E-state index in [0.717, 1.165) is 42.7 Å². The van der Waals surface area contributed by atoms with E-state index in [2.05, 4.69) is 6.07 Å². The summed E-state index contributed by atoms with van der Waals surface area (Å²) in [6.45, 7) is 6.24. The van der Waals surface area contributed by atoms with Crippen LogP contribution in [0.3, 0.4) is 0 Å². The Kier molecular flexibility index (Phi) is 5.41. The fourth-order valence-electron chi connectivity index (χ4n) is 2.89. The Morgan fingerprint density at radius 3 is 2.27 bits per heavy atom. The summed E-state index contributed by atoms with van der Waals surface area (Å²) in [7, 11) is 0. The van der Waals surface area contributed by atoms with Crippen molar-refractivity contribution in [1.82, 2.24) is 4.90 Å². The molecule has 0 saturated carbocycles. The minimum absolute atomic E-state index is 0.0280. The Morgan fingerprint density at radius 2 is 1.73 bits per heavy atom. The number of aliphatic carboxylic acids is 1. The zero-order valence-electron chi connectivity index (χ0n) is 13.3. The molecule has 1 fully saturated rings. The Balaban J connectivity index is 2.13. The van der Waals surface area contributed by atoms with Crippen LogP contribution < -0.4 is 4.90 Å². The first-order valence-corrected chi connectivity index (χ1v) is 7.78. The van der Waals surface area contributed by atoms with Gasteiger partial charge in [0.15, 0.2) is 0 Å². The topological polar surface area (TPSA) is 60.9 Å². The van der Waals surface area contributed by atoms with Gasteiger partial charge in [0.2, 0.25) is 5.91 Å². The molecule has 22 heavy (non-hydrogen) atoms. The van der Waals surface area contributed by atoms with Gasteiger partial charge < -0.3 is 14.9 Å². The second-order valence-electron chi connectivity index (χ2n) is 6.00. The summed E-state index contributed by atoms with van der Waals surface area (Å²) in [4.78, 5) is 27.0. The lowest BCUT2D eigenvalue weighted by Crippen LogP contribution is -2.40. The lowest BCUT2D eigenvalue weighted by atomic mass is 10.1. The summed E-state index contributed by atoms with van der Waals surface area (Å²) in [6.07, 6.45) is 2.15. The van der Waals surface area contributed by atoms with Crippen LogP contribution in [0.4, 0.5) is 5.69 Å². The highest BCUT2D eigenvalue weighted by atomic mass is 16.4. The zero-order valence-corrected chi connectivity index (χ0v) is 13.3. The molecule has 1 aliphatic heterocycles. The van der Waals surface area contributed by atoms with Crippen LogP contribution in [0.2, 0.25) is 0 Å².